The number of fused-ring (bicyclic) bond motifs is 1. The van der Waals surface area contributed by atoms with Crippen molar-refractivity contribution in [2.24, 2.45) is 0 Å². The molecule has 1 atom stereocenters. The zero-order valence-corrected chi connectivity index (χ0v) is 13.7. The lowest BCUT2D eigenvalue weighted by atomic mass is 9.95. The summed E-state index contributed by atoms with van der Waals surface area (Å²) in [7, 11) is -3.74. The van der Waals surface area contributed by atoms with Gasteiger partial charge in [0.05, 0.1) is 4.90 Å². The second-order valence-electron chi connectivity index (χ2n) is 5.77. The third-order valence-electron chi connectivity index (χ3n) is 4.02. The summed E-state index contributed by atoms with van der Waals surface area (Å²) < 4.78 is 40.8. The predicted molar refractivity (Wildman–Crippen MR) is 87.2 cm³/mol. The smallest absolute Gasteiger partial charge is 0.240 e. The molecule has 23 heavy (non-hydrogen) atoms. The number of halogens is 1. The molecule has 0 bridgehead atoms. The summed E-state index contributed by atoms with van der Waals surface area (Å²) in [5.74, 6) is -0.550. The zero-order chi connectivity index (χ0) is 16.4. The van der Waals surface area contributed by atoms with Gasteiger partial charge in [-0.05, 0) is 54.8 Å². The van der Waals surface area contributed by atoms with Crippen LogP contribution in [0.15, 0.2) is 47.4 Å². The third kappa shape index (κ3) is 3.60. The fourth-order valence-electron chi connectivity index (χ4n) is 2.91. The van der Waals surface area contributed by atoms with Gasteiger partial charge >= 0.3 is 0 Å². The molecular formula is C17H19FN2O2S. The van der Waals surface area contributed by atoms with E-state index < -0.39 is 15.8 Å². The van der Waals surface area contributed by atoms with Crippen LogP contribution in [-0.2, 0) is 16.4 Å². The SMILES string of the molecule is Cc1cc(F)cc(S(=O)(=O)NCC2NCCc3ccccc32)c1. The van der Waals surface area contributed by atoms with Crippen molar-refractivity contribution in [3.63, 3.8) is 0 Å². The summed E-state index contributed by atoms with van der Waals surface area (Å²) in [5, 5.41) is 3.32. The molecule has 0 spiro atoms. The average Bonchev–Trinajstić information content (AvgIpc) is 2.52. The van der Waals surface area contributed by atoms with Crippen LogP contribution < -0.4 is 10.0 Å². The highest BCUT2D eigenvalue weighted by molar-refractivity contribution is 7.89. The molecule has 1 unspecified atom stereocenters. The van der Waals surface area contributed by atoms with Crippen molar-refractivity contribution in [2.45, 2.75) is 24.3 Å². The number of hydrogen-bond donors (Lipinski definition) is 2. The molecule has 3 rings (SSSR count). The van der Waals surface area contributed by atoms with Crippen LogP contribution in [0, 0.1) is 12.7 Å². The van der Waals surface area contributed by atoms with Gasteiger partial charge in [-0.2, -0.15) is 0 Å². The van der Waals surface area contributed by atoms with Gasteiger partial charge in [-0.25, -0.2) is 17.5 Å². The summed E-state index contributed by atoms with van der Waals surface area (Å²) in [6, 6.07) is 11.7. The first-order chi connectivity index (χ1) is 11.0. The van der Waals surface area contributed by atoms with Gasteiger partial charge < -0.3 is 5.32 Å². The Kier molecular flexibility index (Phi) is 4.48. The molecule has 2 aromatic rings. The van der Waals surface area contributed by atoms with E-state index in [0.29, 0.717) is 5.56 Å². The number of sulfonamides is 1. The van der Waals surface area contributed by atoms with Gasteiger partial charge in [0, 0.05) is 12.6 Å². The molecule has 2 aromatic carbocycles. The fraction of sp³-hybridized carbons (Fsp3) is 0.294. The molecular weight excluding hydrogens is 315 g/mol. The van der Waals surface area contributed by atoms with Gasteiger partial charge in [0.15, 0.2) is 0 Å². The van der Waals surface area contributed by atoms with E-state index >= 15 is 0 Å². The van der Waals surface area contributed by atoms with Gasteiger partial charge in [-0.15, -0.1) is 0 Å². The lowest BCUT2D eigenvalue weighted by molar-refractivity contribution is 0.491. The molecule has 0 amide bonds. The van der Waals surface area contributed by atoms with Crippen LogP contribution in [-0.4, -0.2) is 21.5 Å². The van der Waals surface area contributed by atoms with Gasteiger partial charge in [-0.3, -0.25) is 0 Å². The molecule has 4 nitrogen and oxygen atoms in total. The van der Waals surface area contributed by atoms with E-state index in [1.807, 2.05) is 18.2 Å². The van der Waals surface area contributed by atoms with Crippen LogP contribution >= 0.6 is 0 Å². The fourth-order valence-corrected chi connectivity index (χ4v) is 4.07. The Hall–Kier alpha value is -1.76. The molecule has 1 aliphatic rings. The van der Waals surface area contributed by atoms with Gasteiger partial charge in [0.25, 0.3) is 0 Å². The minimum Gasteiger partial charge on any atom is -0.308 e. The van der Waals surface area contributed by atoms with E-state index in [1.54, 1.807) is 6.92 Å². The molecule has 2 N–H and O–H groups in total. The molecule has 122 valence electrons. The minimum atomic E-state index is -3.74. The van der Waals surface area contributed by atoms with Crippen molar-refractivity contribution in [3.8, 4) is 0 Å². The highest BCUT2D eigenvalue weighted by Crippen LogP contribution is 2.22. The number of nitrogens with one attached hydrogen (secondary N) is 2. The van der Waals surface area contributed by atoms with Crippen LogP contribution in [0.1, 0.15) is 22.7 Å². The number of aryl methyl sites for hydroxylation is 1. The molecule has 0 fully saturated rings. The largest absolute Gasteiger partial charge is 0.308 e. The van der Waals surface area contributed by atoms with Crippen LogP contribution in [0.3, 0.4) is 0 Å². The van der Waals surface area contributed by atoms with E-state index in [1.165, 1.54) is 17.7 Å². The molecule has 1 aliphatic heterocycles. The summed E-state index contributed by atoms with van der Waals surface area (Å²) in [6.45, 7) is 2.71. The van der Waals surface area contributed by atoms with Gasteiger partial charge in [-0.1, -0.05) is 24.3 Å². The van der Waals surface area contributed by atoms with E-state index in [-0.39, 0.29) is 17.5 Å². The van der Waals surface area contributed by atoms with Crippen LogP contribution in [0.5, 0.6) is 0 Å². The van der Waals surface area contributed by atoms with E-state index in [2.05, 4.69) is 16.1 Å². The molecule has 1 heterocycles. The second-order valence-corrected chi connectivity index (χ2v) is 7.54. The quantitative estimate of drug-likeness (QED) is 0.902. The summed E-state index contributed by atoms with van der Waals surface area (Å²) >= 11 is 0. The predicted octanol–water partition coefficient (Wildman–Crippen LogP) is 2.30. The standard InChI is InChI=1S/C17H19FN2O2S/c1-12-8-14(18)10-15(9-12)23(21,22)20-11-17-16-5-3-2-4-13(16)6-7-19-17/h2-5,8-10,17,19-20H,6-7,11H2,1H3. The Labute approximate surface area is 135 Å². The normalized spacial score (nSPS) is 17.7. The van der Waals surface area contributed by atoms with Crippen LogP contribution in [0.25, 0.3) is 0 Å². The second kappa shape index (κ2) is 6.39. The van der Waals surface area contributed by atoms with Gasteiger partial charge in [0.2, 0.25) is 10.0 Å². The van der Waals surface area contributed by atoms with Crippen molar-refractivity contribution >= 4 is 10.0 Å². The highest BCUT2D eigenvalue weighted by Gasteiger charge is 2.22. The Bertz CT molecular complexity index is 801. The first-order valence-corrected chi connectivity index (χ1v) is 9.02. The van der Waals surface area contributed by atoms with Crippen molar-refractivity contribution in [2.75, 3.05) is 13.1 Å². The number of rotatable bonds is 4. The zero-order valence-electron chi connectivity index (χ0n) is 12.8. The molecule has 0 saturated carbocycles. The van der Waals surface area contributed by atoms with Gasteiger partial charge in [0.1, 0.15) is 5.82 Å². The minimum absolute atomic E-state index is 0.0425. The topological polar surface area (TPSA) is 58.2 Å². The lowest BCUT2D eigenvalue weighted by Gasteiger charge is -2.27. The van der Waals surface area contributed by atoms with Crippen molar-refractivity contribution in [1.29, 1.82) is 0 Å². The van der Waals surface area contributed by atoms with Crippen molar-refractivity contribution in [1.82, 2.24) is 10.0 Å². The number of benzene rings is 2. The molecule has 0 aromatic heterocycles. The maximum Gasteiger partial charge on any atom is 0.240 e. The molecule has 6 heteroatoms. The maximum atomic E-state index is 13.4. The van der Waals surface area contributed by atoms with E-state index in [0.717, 1.165) is 24.6 Å². The average molecular weight is 334 g/mol. The summed E-state index contributed by atoms with van der Waals surface area (Å²) in [6.07, 6.45) is 0.933. The van der Waals surface area contributed by atoms with E-state index in [4.69, 9.17) is 0 Å². The van der Waals surface area contributed by atoms with Crippen LogP contribution in [0.4, 0.5) is 4.39 Å². The Balaban J connectivity index is 1.78. The first-order valence-electron chi connectivity index (χ1n) is 7.54. The van der Waals surface area contributed by atoms with Crippen LogP contribution in [0.2, 0.25) is 0 Å². The maximum absolute atomic E-state index is 13.4. The third-order valence-corrected chi connectivity index (χ3v) is 5.42. The molecule has 0 aliphatic carbocycles. The Morgan fingerprint density at radius 3 is 2.83 bits per heavy atom. The number of hydrogen-bond acceptors (Lipinski definition) is 3. The van der Waals surface area contributed by atoms with Crippen molar-refractivity contribution in [3.05, 3.63) is 65.0 Å². The Morgan fingerprint density at radius 1 is 1.26 bits per heavy atom. The highest BCUT2D eigenvalue weighted by atomic mass is 32.2. The first kappa shape index (κ1) is 16.1. The molecule has 0 saturated heterocycles. The Morgan fingerprint density at radius 2 is 2.04 bits per heavy atom. The summed E-state index contributed by atoms with van der Waals surface area (Å²) in [4.78, 5) is -0.0425. The van der Waals surface area contributed by atoms with Crippen molar-refractivity contribution < 1.29 is 12.8 Å². The van der Waals surface area contributed by atoms with E-state index in [9.17, 15) is 12.8 Å². The monoisotopic (exact) mass is 334 g/mol. The summed E-state index contributed by atoms with van der Waals surface area (Å²) in [5.41, 5.74) is 2.92. The lowest BCUT2D eigenvalue weighted by Crippen LogP contribution is -2.38. The molecule has 0 radical (unpaired) electrons.